The predicted molar refractivity (Wildman–Crippen MR) is 168 cm³/mol. The third-order valence-corrected chi connectivity index (χ3v) is 11.1. The van der Waals surface area contributed by atoms with Gasteiger partial charge in [-0.2, -0.15) is 4.31 Å². The van der Waals surface area contributed by atoms with Gasteiger partial charge in [-0.25, -0.2) is 13.4 Å². The van der Waals surface area contributed by atoms with Gasteiger partial charge >= 0.3 is 5.97 Å². The van der Waals surface area contributed by atoms with Crippen LogP contribution in [0.4, 0.5) is 0 Å². The Morgan fingerprint density at radius 1 is 1.22 bits per heavy atom. The van der Waals surface area contributed by atoms with Gasteiger partial charge in [0.05, 0.1) is 5.69 Å². The van der Waals surface area contributed by atoms with Crippen molar-refractivity contribution in [3.8, 4) is 5.75 Å². The first-order valence-corrected chi connectivity index (χ1v) is 17.2. The number of aryl methyl sites for hydroxylation is 1. The minimum Gasteiger partial charge on any atom is -0.465 e. The number of carbonyl (C=O) groups excluding carboxylic acids is 2. The van der Waals surface area contributed by atoms with E-state index in [-0.39, 0.29) is 42.4 Å². The van der Waals surface area contributed by atoms with Crippen LogP contribution in [0, 0.1) is 0 Å². The number of rotatable bonds is 8. The molecule has 12 nitrogen and oxygen atoms in total. The number of esters is 1. The number of ether oxygens (including phenoxy) is 1. The highest BCUT2D eigenvalue weighted by atomic mass is 35.5. The van der Waals surface area contributed by atoms with E-state index < -0.39 is 27.5 Å². The fourth-order valence-electron chi connectivity index (χ4n) is 5.75. The summed E-state index contributed by atoms with van der Waals surface area (Å²) in [6.07, 6.45) is 3.15. The number of thiazole rings is 1. The molecule has 1 aromatic carbocycles. The van der Waals surface area contributed by atoms with E-state index in [9.17, 15) is 22.8 Å². The molecule has 0 bridgehead atoms. The van der Waals surface area contributed by atoms with Crippen molar-refractivity contribution in [3.05, 3.63) is 73.2 Å². The van der Waals surface area contributed by atoms with Crippen LogP contribution in [0.25, 0.3) is 10.9 Å². The minimum atomic E-state index is -3.92. The van der Waals surface area contributed by atoms with Crippen LogP contribution < -0.4 is 15.5 Å². The molecule has 2 atom stereocenters. The van der Waals surface area contributed by atoms with E-state index >= 15 is 0 Å². The maximum atomic E-state index is 13.9. The summed E-state index contributed by atoms with van der Waals surface area (Å²) in [5.74, 6) is -0.646. The summed E-state index contributed by atoms with van der Waals surface area (Å²) < 4.78 is 39.4. The smallest absolute Gasteiger partial charge is 0.308 e. The van der Waals surface area contributed by atoms with E-state index in [1.807, 2.05) is 0 Å². The Morgan fingerprint density at radius 2 is 2.04 bits per heavy atom. The quantitative estimate of drug-likeness (QED) is 0.266. The number of aromatic amines is 1. The molecule has 15 heteroatoms. The van der Waals surface area contributed by atoms with E-state index in [0.717, 1.165) is 23.3 Å². The summed E-state index contributed by atoms with van der Waals surface area (Å²) in [4.78, 5) is 47.8. The van der Waals surface area contributed by atoms with E-state index in [4.69, 9.17) is 20.8 Å². The molecule has 0 radical (unpaired) electrons. The monoisotopic (exact) mass is 673 g/mol. The second kappa shape index (κ2) is 12.7. The van der Waals surface area contributed by atoms with Crippen molar-refractivity contribution < 1.29 is 27.2 Å². The van der Waals surface area contributed by atoms with Crippen LogP contribution in [0.15, 0.2) is 50.8 Å². The fraction of sp³-hybridized carbons (Fsp3) is 0.400. The lowest BCUT2D eigenvalue weighted by atomic mass is 10.0. The molecule has 1 fully saturated rings. The number of sulfonamides is 1. The van der Waals surface area contributed by atoms with Gasteiger partial charge in [0.15, 0.2) is 5.01 Å². The number of carbonyl (C=O) groups is 2. The summed E-state index contributed by atoms with van der Waals surface area (Å²) in [5, 5.41) is 5.04. The lowest BCUT2D eigenvalue weighted by Crippen LogP contribution is -2.56. The summed E-state index contributed by atoms with van der Waals surface area (Å²) in [6, 6.07) is 7.79. The first-order chi connectivity index (χ1) is 21.5. The number of benzene rings is 1. The van der Waals surface area contributed by atoms with Crippen molar-refractivity contribution in [2.24, 2.45) is 0 Å². The molecule has 3 aromatic heterocycles. The molecular weight excluding hydrogens is 642 g/mol. The topological polar surface area (TPSA) is 155 Å². The molecule has 1 saturated heterocycles. The van der Waals surface area contributed by atoms with E-state index in [0.29, 0.717) is 52.5 Å². The van der Waals surface area contributed by atoms with Gasteiger partial charge in [0.1, 0.15) is 17.0 Å². The maximum Gasteiger partial charge on any atom is 0.308 e. The number of piperazine rings is 1. The number of halogens is 1. The number of nitrogens with zero attached hydrogens (tertiary/aromatic N) is 3. The molecular formula is C30H32ClN5O7S2. The molecule has 2 aliphatic rings. The van der Waals surface area contributed by atoms with Crippen LogP contribution in [0.3, 0.4) is 0 Å². The lowest BCUT2D eigenvalue weighted by molar-refractivity contribution is -0.132. The first-order valence-electron chi connectivity index (χ1n) is 14.6. The molecule has 2 N–H and O–H groups in total. The summed E-state index contributed by atoms with van der Waals surface area (Å²) in [5.41, 5.74) is 1.11. The first kappa shape index (κ1) is 31.4. The van der Waals surface area contributed by atoms with Crippen LogP contribution in [0.1, 0.15) is 52.8 Å². The Balaban J connectivity index is 1.22. The molecule has 238 valence electrons. The number of aromatic nitrogens is 2. The van der Waals surface area contributed by atoms with Crippen molar-refractivity contribution >= 4 is 55.7 Å². The molecule has 1 amide bonds. The van der Waals surface area contributed by atoms with Gasteiger partial charge in [0, 0.05) is 84.9 Å². The van der Waals surface area contributed by atoms with Crippen LogP contribution in [-0.2, 0) is 34.2 Å². The number of nitrogens with one attached hydrogen (secondary N) is 2. The molecule has 45 heavy (non-hydrogen) atoms. The Labute approximate surface area is 268 Å². The fourth-order valence-corrected chi connectivity index (χ4v) is 8.41. The number of fused-ring (bicyclic) bond motifs is 2. The van der Waals surface area contributed by atoms with Gasteiger partial charge in [0.2, 0.25) is 11.2 Å². The molecule has 5 heterocycles. The van der Waals surface area contributed by atoms with Crippen molar-refractivity contribution in [3.63, 3.8) is 0 Å². The van der Waals surface area contributed by atoms with Crippen LogP contribution in [0.5, 0.6) is 5.75 Å². The Morgan fingerprint density at radius 3 is 2.82 bits per heavy atom. The Kier molecular flexibility index (Phi) is 8.85. The predicted octanol–water partition coefficient (Wildman–Crippen LogP) is 3.73. The van der Waals surface area contributed by atoms with E-state index in [1.165, 1.54) is 28.6 Å². The van der Waals surface area contributed by atoms with Crippen LogP contribution in [-0.4, -0.2) is 71.2 Å². The number of amides is 1. The zero-order valence-corrected chi connectivity index (χ0v) is 27.1. The van der Waals surface area contributed by atoms with Gasteiger partial charge in [-0.15, -0.1) is 11.3 Å². The van der Waals surface area contributed by atoms with E-state index in [1.54, 1.807) is 29.2 Å². The highest BCUT2D eigenvalue weighted by Crippen LogP contribution is 2.29. The number of hydrogen-bond acceptors (Lipinski definition) is 10. The van der Waals surface area contributed by atoms with Gasteiger partial charge in [-0.05, 0) is 44.0 Å². The summed E-state index contributed by atoms with van der Waals surface area (Å²) in [6.45, 7) is 4.33. The molecule has 6 rings (SSSR count). The van der Waals surface area contributed by atoms with Crippen molar-refractivity contribution in [1.82, 2.24) is 24.5 Å². The highest BCUT2D eigenvalue weighted by Gasteiger charge is 2.38. The molecule has 4 aromatic rings. The zero-order chi connectivity index (χ0) is 31.9. The van der Waals surface area contributed by atoms with Crippen LogP contribution >= 0.6 is 22.9 Å². The molecule has 0 spiro atoms. The van der Waals surface area contributed by atoms with Crippen LogP contribution in [0.2, 0.25) is 5.02 Å². The average molecular weight is 674 g/mol. The molecule has 2 aliphatic heterocycles. The second-order valence-electron chi connectivity index (χ2n) is 11.3. The number of H-pyrrole nitrogens is 1. The third-order valence-electron chi connectivity index (χ3n) is 8.02. The summed E-state index contributed by atoms with van der Waals surface area (Å²) >= 11 is 7.49. The van der Waals surface area contributed by atoms with Crippen molar-refractivity contribution in [2.75, 3.05) is 19.6 Å². The minimum absolute atomic E-state index is 0.0576. The standard InChI is InChI=1S/C30H32ClN5O7S2/c1-17-10-24-27(14-32-17)44-29(34-24)30(39)36-9-8-35(45(40,41)28-12-19-11-20(31)6-7-23(19)33-28)15-21(36)4-3-5-22-13-25(38)26(16-42-22)43-18(2)37/h6-7,11-13,16-17,21,32-33H,3-5,8-10,14-15H2,1-2H3. The lowest BCUT2D eigenvalue weighted by Gasteiger charge is -2.40. The number of hydrogen-bond donors (Lipinski definition) is 2. The summed E-state index contributed by atoms with van der Waals surface area (Å²) in [7, 11) is -3.92. The zero-order valence-electron chi connectivity index (χ0n) is 24.7. The molecule has 2 unspecified atom stereocenters. The van der Waals surface area contributed by atoms with E-state index in [2.05, 4.69) is 22.2 Å². The van der Waals surface area contributed by atoms with Gasteiger partial charge < -0.3 is 24.4 Å². The SMILES string of the molecule is CC(=O)Oc1coc(CCCC2CN(S(=O)(=O)c3cc4cc(Cl)ccc4[nH]3)CCN2C(=O)c2nc3c(s2)CNC(C)C3)cc1=O. The second-order valence-corrected chi connectivity index (χ2v) is 14.7. The van der Waals surface area contributed by atoms with Gasteiger partial charge in [0.25, 0.3) is 15.9 Å². The molecule has 0 saturated carbocycles. The normalized spacial score (nSPS) is 19.0. The highest BCUT2D eigenvalue weighted by molar-refractivity contribution is 7.89. The Hall–Kier alpha value is -3.56. The average Bonchev–Trinajstić information content (AvgIpc) is 3.62. The Bertz CT molecular complexity index is 1940. The maximum absolute atomic E-state index is 13.9. The molecule has 0 aliphatic carbocycles. The van der Waals surface area contributed by atoms with Crippen molar-refractivity contribution in [1.29, 1.82) is 0 Å². The largest absolute Gasteiger partial charge is 0.465 e. The third kappa shape index (κ3) is 6.70. The van der Waals surface area contributed by atoms with Crippen molar-refractivity contribution in [2.45, 2.75) is 63.2 Å². The van der Waals surface area contributed by atoms with Gasteiger partial charge in [-0.3, -0.25) is 14.4 Å². The van der Waals surface area contributed by atoms with Gasteiger partial charge in [-0.1, -0.05) is 11.6 Å².